The minimum absolute atomic E-state index is 0.0142. The molecule has 2 aliphatic rings. The number of amides is 1. The van der Waals surface area contributed by atoms with Gasteiger partial charge in [-0.1, -0.05) is 12.1 Å². The Hall–Kier alpha value is -2.54. The standard InChI is InChI=1S/C22H27N3O3S/c1-16-12-14-23(3)21-8-4-5-9-22(21)25(16)29(27,28)19-10-11-20-18(15-19)7-6-13-24(20)17(2)26/h4-5,8-11,15-16H,6-7,12-14H2,1-3H3/t16-/m1/s1. The number of carbonyl (C=O) groups is 1. The lowest BCUT2D eigenvalue weighted by molar-refractivity contribution is -0.116. The van der Waals surface area contributed by atoms with Gasteiger partial charge in [-0.3, -0.25) is 9.10 Å². The topological polar surface area (TPSA) is 60.9 Å². The monoisotopic (exact) mass is 413 g/mol. The Morgan fingerprint density at radius 2 is 1.76 bits per heavy atom. The summed E-state index contributed by atoms with van der Waals surface area (Å²) >= 11 is 0. The number of carbonyl (C=O) groups excluding carboxylic acids is 1. The molecule has 0 radical (unpaired) electrons. The van der Waals surface area contributed by atoms with Crippen molar-refractivity contribution in [3.63, 3.8) is 0 Å². The van der Waals surface area contributed by atoms with Crippen LogP contribution in [0.5, 0.6) is 0 Å². The first-order valence-electron chi connectivity index (χ1n) is 10.1. The minimum Gasteiger partial charge on any atom is -0.373 e. The highest BCUT2D eigenvalue weighted by atomic mass is 32.2. The summed E-state index contributed by atoms with van der Waals surface area (Å²) in [7, 11) is -1.74. The maximum Gasteiger partial charge on any atom is 0.264 e. The van der Waals surface area contributed by atoms with Gasteiger partial charge in [0.05, 0.1) is 16.3 Å². The molecule has 4 rings (SSSR count). The first-order valence-corrected chi connectivity index (χ1v) is 11.5. The van der Waals surface area contributed by atoms with Crippen molar-refractivity contribution in [2.45, 2.75) is 44.0 Å². The van der Waals surface area contributed by atoms with Gasteiger partial charge in [-0.15, -0.1) is 0 Å². The average molecular weight is 414 g/mol. The average Bonchev–Trinajstić information content (AvgIpc) is 2.83. The van der Waals surface area contributed by atoms with E-state index in [0.717, 1.165) is 42.7 Å². The molecular formula is C22H27N3O3S. The highest BCUT2D eigenvalue weighted by Crippen LogP contribution is 2.38. The third-order valence-corrected chi connectivity index (χ3v) is 7.84. The van der Waals surface area contributed by atoms with E-state index in [1.165, 1.54) is 0 Å². The maximum absolute atomic E-state index is 13.7. The molecule has 2 aliphatic heterocycles. The lowest BCUT2D eigenvalue weighted by Crippen LogP contribution is -2.39. The Labute approximate surface area is 172 Å². The lowest BCUT2D eigenvalue weighted by atomic mass is 10.0. The number of anilines is 3. The van der Waals surface area contributed by atoms with Crippen LogP contribution >= 0.6 is 0 Å². The van der Waals surface area contributed by atoms with E-state index in [1.807, 2.05) is 38.2 Å². The molecule has 6 nitrogen and oxygen atoms in total. The summed E-state index contributed by atoms with van der Waals surface area (Å²) in [5, 5.41) is 0. The number of hydrogen-bond acceptors (Lipinski definition) is 4. The smallest absolute Gasteiger partial charge is 0.264 e. The Kier molecular flexibility index (Phi) is 5.02. The summed E-state index contributed by atoms with van der Waals surface area (Å²) < 4.78 is 29.1. The molecule has 1 amide bonds. The van der Waals surface area contributed by atoms with E-state index in [2.05, 4.69) is 4.90 Å². The Balaban J connectivity index is 1.81. The minimum atomic E-state index is -3.74. The van der Waals surface area contributed by atoms with Crippen LogP contribution in [0.15, 0.2) is 47.4 Å². The first kappa shape index (κ1) is 19.8. The van der Waals surface area contributed by atoms with Gasteiger partial charge in [0, 0.05) is 38.8 Å². The molecule has 0 aromatic heterocycles. The summed E-state index contributed by atoms with van der Waals surface area (Å²) in [6, 6.07) is 12.7. The van der Waals surface area contributed by atoms with Gasteiger partial charge in [-0.05, 0) is 62.1 Å². The molecule has 0 saturated heterocycles. The van der Waals surface area contributed by atoms with Crippen molar-refractivity contribution < 1.29 is 13.2 Å². The van der Waals surface area contributed by atoms with E-state index in [1.54, 1.807) is 34.3 Å². The van der Waals surface area contributed by atoms with Crippen LogP contribution in [0.3, 0.4) is 0 Å². The van der Waals surface area contributed by atoms with Crippen LogP contribution in [-0.2, 0) is 21.2 Å². The van der Waals surface area contributed by atoms with Gasteiger partial charge in [-0.25, -0.2) is 8.42 Å². The van der Waals surface area contributed by atoms with E-state index in [9.17, 15) is 13.2 Å². The number of nitrogens with zero attached hydrogens (tertiary/aromatic N) is 3. The molecule has 0 bridgehead atoms. The van der Waals surface area contributed by atoms with Crippen LogP contribution in [0.2, 0.25) is 0 Å². The molecule has 2 heterocycles. The molecule has 0 spiro atoms. The van der Waals surface area contributed by atoms with Gasteiger partial charge in [0.2, 0.25) is 5.91 Å². The molecular weight excluding hydrogens is 386 g/mol. The van der Waals surface area contributed by atoms with E-state index >= 15 is 0 Å². The van der Waals surface area contributed by atoms with Gasteiger partial charge in [0.25, 0.3) is 10.0 Å². The van der Waals surface area contributed by atoms with Crippen LogP contribution in [0, 0.1) is 0 Å². The molecule has 0 unspecified atom stereocenters. The number of rotatable bonds is 2. The van der Waals surface area contributed by atoms with Gasteiger partial charge in [0.1, 0.15) is 0 Å². The van der Waals surface area contributed by atoms with E-state index in [0.29, 0.717) is 12.2 Å². The second-order valence-corrected chi connectivity index (χ2v) is 9.73. The lowest BCUT2D eigenvalue weighted by Gasteiger charge is -2.32. The van der Waals surface area contributed by atoms with Crippen molar-refractivity contribution in [3.8, 4) is 0 Å². The largest absolute Gasteiger partial charge is 0.373 e. The van der Waals surface area contributed by atoms with E-state index < -0.39 is 10.0 Å². The van der Waals surface area contributed by atoms with Crippen molar-refractivity contribution in [1.29, 1.82) is 0 Å². The zero-order valence-electron chi connectivity index (χ0n) is 17.1. The van der Waals surface area contributed by atoms with Crippen molar-refractivity contribution in [2.75, 3.05) is 34.2 Å². The molecule has 0 fully saturated rings. The predicted octanol–water partition coefficient (Wildman–Crippen LogP) is 3.41. The van der Waals surface area contributed by atoms with Crippen LogP contribution in [0.25, 0.3) is 0 Å². The molecule has 2 aromatic rings. The summed E-state index contributed by atoms with van der Waals surface area (Å²) in [5.41, 5.74) is 3.37. The zero-order chi connectivity index (χ0) is 20.8. The number of hydrogen-bond donors (Lipinski definition) is 0. The van der Waals surface area contributed by atoms with Crippen LogP contribution < -0.4 is 14.1 Å². The van der Waals surface area contributed by atoms with Crippen LogP contribution in [-0.4, -0.2) is 40.5 Å². The summed E-state index contributed by atoms with van der Waals surface area (Å²) in [6.45, 7) is 4.98. The highest BCUT2D eigenvalue weighted by Gasteiger charge is 2.34. The molecule has 154 valence electrons. The summed E-state index contributed by atoms with van der Waals surface area (Å²) in [4.78, 5) is 16.1. The zero-order valence-corrected chi connectivity index (χ0v) is 17.9. The number of aryl methyl sites for hydroxylation is 1. The van der Waals surface area contributed by atoms with Gasteiger partial charge >= 0.3 is 0 Å². The molecule has 0 saturated carbocycles. The second kappa shape index (κ2) is 7.37. The normalized spacial score (nSPS) is 19.4. The summed E-state index contributed by atoms with van der Waals surface area (Å²) in [5.74, 6) is -0.0142. The van der Waals surface area contributed by atoms with Crippen LogP contribution in [0.1, 0.15) is 32.3 Å². The van der Waals surface area contributed by atoms with Crippen LogP contribution in [0.4, 0.5) is 17.1 Å². The van der Waals surface area contributed by atoms with Crippen molar-refractivity contribution in [1.82, 2.24) is 0 Å². The highest BCUT2D eigenvalue weighted by molar-refractivity contribution is 7.92. The van der Waals surface area contributed by atoms with E-state index in [4.69, 9.17) is 0 Å². The molecule has 29 heavy (non-hydrogen) atoms. The molecule has 7 heteroatoms. The predicted molar refractivity (Wildman–Crippen MR) is 116 cm³/mol. The molecule has 0 aliphatic carbocycles. The second-order valence-electron chi connectivity index (χ2n) is 7.91. The molecule has 1 atom stereocenters. The fraction of sp³-hybridized carbons (Fsp3) is 0.409. The van der Waals surface area contributed by atoms with Crippen molar-refractivity contribution in [2.24, 2.45) is 0 Å². The fourth-order valence-electron chi connectivity index (χ4n) is 4.37. The quantitative estimate of drug-likeness (QED) is 0.757. The van der Waals surface area contributed by atoms with Crippen molar-refractivity contribution >= 4 is 33.0 Å². The number of para-hydroxylation sites is 2. The molecule has 0 N–H and O–H groups in total. The number of sulfonamides is 1. The summed E-state index contributed by atoms with van der Waals surface area (Å²) in [6.07, 6.45) is 2.36. The van der Waals surface area contributed by atoms with Gasteiger partial charge in [-0.2, -0.15) is 0 Å². The third-order valence-electron chi connectivity index (χ3n) is 5.92. The first-order chi connectivity index (χ1) is 13.8. The van der Waals surface area contributed by atoms with Gasteiger partial charge < -0.3 is 9.80 Å². The number of fused-ring (bicyclic) bond motifs is 2. The molecule has 2 aromatic carbocycles. The fourth-order valence-corrected chi connectivity index (χ4v) is 6.12. The van der Waals surface area contributed by atoms with Crippen molar-refractivity contribution in [3.05, 3.63) is 48.0 Å². The maximum atomic E-state index is 13.7. The Morgan fingerprint density at radius 1 is 1.03 bits per heavy atom. The third kappa shape index (κ3) is 3.37. The SMILES string of the molecule is CC(=O)N1CCCc2cc(S(=O)(=O)N3c4ccccc4N(C)CC[C@H]3C)ccc21. The van der Waals surface area contributed by atoms with E-state index in [-0.39, 0.29) is 16.8 Å². The number of benzene rings is 2. The Morgan fingerprint density at radius 3 is 2.48 bits per heavy atom. The Bertz CT molecular complexity index is 1050. The van der Waals surface area contributed by atoms with Gasteiger partial charge in [0.15, 0.2) is 0 Å².